The molecule has 2 N–H and O–H groups in total. The summed E-state index contributed by atoms with van der Waals surface area (Å²) in [5.41, 5.74) is 2.68. The molecule has 0 spiro atoms. The first-order valence-electron chi connectivity index (χ1n) is 9.85. The average Bonchev–Trinajstić information content (AvgIpc) is 3.22. The van der Waals surface area contributed by atoms with Crippen molar-refractivity contribution in [3.05, 3.63) is 54.0 Å². The van der Waals surface area contributed by atoms with Crippen molar-refractivity contribution in [1.29, 1.82) is 0 Å². The van der Waals surface area contributed by atoms with E-state index >= 15 is 0 Å². The van der Waals surface area contributed by atoms with Crippen LogP contribution in [0.3, 0.4) is 0 Å². The Balaban J connectivity index is 1.35. The summed E-state index contributed by atoms with van der Waals surface area (Å²) in [7, 11) is 0. The zero-order valence-corrected chi connectivity index (χ0v) is 16.6. The molecule has 0 saturated heterocycles. The van der Waals surface area contributed by atoms with Crippen molar-refractivity contribution in [3.63, 3.8) is 0 Å². The lowest BCUT2D eigenvalue weighted by atomic mass is 10.1. The Hall–Kier alpha value is -3.88. The summed E-state index contributed by atoms with van der Waals surface area (Å²) >= 11 is 0. The quantitative estimate of drug-likeness (QED) is 0.673. The summed E-state index contributed by atoms with van der Waals surface area (Å²) in [6, 6.07) is 10.3. The molecule has 158 valence electrons. The lowest BCUT2D eigenvalue weighted by Gasteiger charge is -2.19. The molecular weight excluding hydrogens is 403 g/mol. The van der Waals surface area contributed by atoms with Crippen molar-refractivity contribution >= 4 is 23.3 Å². The molecule has 31 heavy (non-hydrogen) atoms. The van der Waals surface area contributed by atoms with Crippen molar-refractivity contribution in [1.82, 2.24) is 9.78 Å². The van der Waals surface area contributed by atoms with Crippen LogP contribution in [-0.2, 0) is 9.59 Å². The fourth-order valence-electron chi connectivity index (χ4n) is 3.85. The van der Waals surface area contributed by atoms with Gasteiger partial charge in [-0.15, -0.1) is 0 Å². The number of aromatic nitrogens is 2. The number of rotatable bonds is 4. The monoisotopic (exact) mass is 422 g/mol. The summed E-state index contributed by atoms with van der Waals surface area (Å²) in [5.74, 6) is 0.708. The summed E-state index contributed by atoms with van der Waals surface area (Å²) in [5, 5.41) is 10.1. The highest BCUT2D eigenvalue weighted by molar-refractivity contribution is 6.04. The molecule has 1 atom stereocenters. The van der Waals surface area contributed by atoms with Crippen LogP contribution >= 0.6 is 0 Å². The van der Waals surface area contributed by atoms with Gasteiger partial charge >= 0.3 is 0 Å². The lowest BCUT2D eigenvalue weighted by Crippen LogP contribution is -2.24. The van der Waals surface area contributed by atoms with Crippen LogP contribution in [0.2, 0.25) is 0 Å². The molecule has 2 amide bonds. The number of amides is 2. The molecule has 0 aliphatic carbocycles. The molecule has 0 saturated carbocycles. The largest absolute Gasteiger partial charge is 0.486 e. The van der Waals surface area contributed by atoms with Crippen LogP contribution in [0.1, 0.15) is 18.2 Å². The van der Waals surface area contributed by atoms with Gasteiger partial charge in [-0.25, -0.2) is 9.07 Å². The molecule has 2 aliphatic rings. The van der Waals surface area contributed by atoms with Gasteiger partial charge in [-0.3, -0.25) is 9.59 Å². The van der Waals surface area contributed by atoms with Crippen LogP contribution < -0.4 is 20.1 Å². The molecule has 0 radical (unpaired) electrons. The Morgan fingerprint density at radius 2 is 1.94 bits per heavy atom. The number of fused-ring (bicyclic) bond motifs is 2. The van der Waals surface area contributed by atoms with E-state index < -0.39 is 6.04 Å². The number of aryl methyl sites for hydroxylation is 1. The second kappa shape index (κ2) is 7.42. The minimum Gasteiger partial charge on any atom is -0.486 e. The van der Waals surface area contributed by atoms with Gasteiger partial charge < -0.3 is 20.1 Å². The predicted octanol–water partition coefficient (Wildman–Crippen LogP) is 3.29. The van der Waals surface area contributed by atoms with Gasteiger partial charge in [-0.05, 0) is 36.8 Å². The Kier molecular flexibility index (Phi) is 4.58. The Bertz CT molecular complexity index is 1190. The number of carbonyl (C=O) groups excluding carboxylic acids is 2. The highest BCUT2D eigenvalue weighted by atomic mass is 19.1. The summed E-state index contributed by atoms with van der Waals surface area (Å²) < 4.78 is 25.8. The number of carbonyl (C=O) groups is 2. The van der Waals surface area contributed by atoms with E-state index in [0.717, 1.165) is 5.56 Å². The van der Waals surface area contributed by atoms with Gasteiger partial charge in [0.05, 0.1) is 12.1 Å². The first-order valence-corrected chi connectivity index (χ1v) is 9.85. The van der Waals surface area contributed by atoms with Gasteiger partial charge in [-0.2, -0.15) is 5.10 Å². The summed E-state index contributed by atoms with van der Waals surface area (Å²) in [6.45, 7) is 2.74. The van der Waals surface area contributed by atoms with Crippen molar-refractivity contribution < 1.29 is 23.5 Å². The second-order valence-electron chi connectivity index (χ2n) is 7.38. The number of anilines is 2. The van der Waals surface area contributed by atoms with Gasteiger partial charge in [0.2, 0.25) is 5.91 Å². The highest BCUT2D eigenvalue weighted by Crippen LogP contribution is 2.38. The third-order valence-electron chi connectivity index (χ3n) is 5.26. The number of benzene rings is 2. The van der Waals surface area contributed by atoms with E-state index in [2.05, 4.69) is 15.7 Å². The molecule has 0 bridgehead atoms. The third kappa shape index (κ3) is 3.48. The fraction of sp³-hybridized carbons (Fsp3) is 0.227. The van der Waals surface area contributed by atoms with E-state index in [-0.39, 0.29) is 24.1 Å². The first kappa shape index (κ1) is 19.1. The average molecular weight is 422 g/mol. The Morgan fingerprint density at radius 3 is 2.71 bits per heavy atom. The molecule has 2 aliphatic heterocycles. The molecule has 2 aromatic carbocycles. The number of ether oxygens (including phenoxy) is 2. The van der Waals surface area contributed by atoms with Crippen molar-refractivity contribution in [2.45, 2.75) is 19.4 Å². The van der Waals surface area contributed by atoms with E-state index in [1.165, 1.54) is 16.8 Å². The van der Waals surface area contributed by atoms with Crippen molar-refractivity contribution in [3.8, 4) is 22.6 Å². The number of nitrogens with one attached hydrogen (secondary N) is 2. The van der Waals surface area contributed by atoms with Crippen LogP contribution in [0.25, 0.3) is 11.1 Å². The zero-order chi connectivity index (χ0) is 21.5. The molecule has 3 aromatic rings. The normalized spacial score (nSPS) is 16.6. The number of halogens is 1. The number of hydrogen-bond acceptors (Lipinski definition) is 5. The van der Waals surface area contributed by atoms with E-state index in [0.29, 0.717) is 47.5 Å². The summed E-state index contributed by atoms with van der Waals surface area (Å²) in [6.07, 6.45) is -0.0861. The van der Waals surface area contributed by atoms with E-state index in [1.807, 2.05) is 6.92 Å². The molecule has 9 heteroatoms. The lowest BCUT2D eigenvalue weighted by molar-refractivity contribution is -0.123. The predicted molar refractivity (Wildman–Crippen MR) is 111 cm³/mol. The van der Waals surface area contributed by atoms with E-state index in [1.54, 1.807) is 30.3 Å². The van der Waals surface area contributed by atoms with E-state index in [9.17, 15) is 14.0 Å². The van der Waals surface area contributed by atoms with Gasteiger partial charge in [0.25, 0.3) is 5.91 Å². The van der Waals surface area contributed by atoms with Gasteiger partial charge in [0.1, 0.15) is 30.9 Å². The van der Waals surface area contributed by atoms with E-state index in [4.69, 9.17) is 9.47 Å². The van der Waals surface area contributed by atoms with Crippen LogP contribution in [0.15, 0.2) is 42.5 Å². The molecule has 1 aromatic heterocycles. The molecular formula is C22H19FN4O4. The van der Waals surface area contributed by atoms with Crippen LogP contribution in [-0.4, -0.2) is 34.8 Å². The van der Waals surface area contributed by atoms with Crippen LogP contribution in [0.5, 0.6) is 11.5 Å². The summed E-state index contributed by atoms with van der Waals surface area (Å²) in [4.78, 5) is 25.2. The smallest absolute Gasteiger partial charge is 0.251 e. The fourth-order valence-corrected chi connectivity index (χ4v) is 3.85. The zero-order valence-electron chi connectivity index (χ0n) is 16.6. The molecule has 0 fully saturated rings. The maximum Gasteiger partial charge on any atom is 0.251 e. The molecule has 8 nitrogen and oxygen atoms in total. The minimum absolute atomic E-state index is 0.0861. The maximum atomic E-state index is 13.3. The van der Waals surface area contributed by atoms with Gasteiger partial charge in [-0.1, -0.05) is 12.1 Å². The Labute approximate surface area is 177 Å². The molecule has 3 heterocycles. The number of nitrogens with zero attached hydrogens (tertiary/aromatic N) is 2. The minimum atomic E-state index is -0.778. The first-order chi connectivity index (χ1) is 15.0. The van der Waals surface area contributed by atoms with Gasteiger partial charge in [0.15, 0.2) is 11.5 Å². The Morgan fingerprint density at radius 1 is 1.19 bits per heavy atom. The van der Waals surface area contributed by atoms with Gasteiger partial charge in [0, 0.05) is 17.3 Å². The van der Waals surface area contributed by atoms with Crippen LogP contribution in [0.4, 0.5) is 15.9 Å². The van der Waals surface area contributed by atoms with Crippen molar-refractivity contribution in [2.75, 3.05) is 23.8 Å². The standard InChI is InChI=1S/C22H19FN4O4/c1-12-20(13-2-4-14(23)5-3-13)21-25-22(29)16(27(21)26-12)11-19(28)24-15-6-7-17-18(10-15)31-9-8-30-17/h2-7,10,16H,8-9,11H2,1H3,(H,24,28)(H,25,29). The maximum absolute atomic E-state index is 13.3. The highest BCUT2D eigenvalue weighted by Gasteiger charge is 2.36. The second-order valence-corrected chi connectivity index (χ2v) is 7.38. The van der Waals surface area contributed by atoms with Crippen LogP contribution in [0, 0.1) is 12.7 Å². The van der Waals surface area contributed by atoms with Crippen molar-refractivity contribution in [2.24, 2.45) is 0 Å². The number of hydrogen-bond donors (Lipinski definition) is 2. The SMILES string of the molecule is Cc1nn2c(c1-c1ccc(F)cc1)NC(=O)C2CC(=O)Nc1ccc2c(c1)OCCO2. The topological polar surface area (TPSA) is 94.5 Å². The molecule has 1 unspecified atom stereocenters. The molecule has 5 rings (SSSR count). The third-order valence-corrected chi connectivity index (χ3v) is 5.26.